The van der Waals surface area contributed by atoms with Crippen LogP contribution in [0.25, 0.3) is 0 Å². The van der Waals surface area contributed by atoms with Gasteiger partial charge in [0.05, 0.1) is 0 Å². The summed E-state index contributed by atoms with van der Waals surface area (Å²) in [6, 6.07) is 0. The van der Waals surface area contributed by atoms with E-state index in [1.165, 1.54) is 0 Å². The number of hydrogen-bond acceptors (Lipinski definition) is 0. The van der Waals surface area contributed by atoms with Crippen LogP contribution >= 0.6 is 0 Å². The smallest absolute Gasteiger partial charge is 0 e. The number of rotatable bonds is 0. The van der Waals surface area contributed by atoms with Crippen molar-refractivity contribution in [1.82, 2.24) is 0 Å². The molecule has 0 saturated heterocycles. The first-order valence-electron chi connectivity index (χ1n) is 0. The third-order valence-corrected chi connectivity index (χ3v) is 0. The quantitative estimate of drug-likeness (QED) is 0.373. The van der Waals surface area contributed by atoms with Gasteiger partial charge in [-0.3, -0.25) is 0 Å². The molecule has 0 atom stereocenters. The Morgan fingerprint density at radius 2 is 0.750 bits per heavy atom. The molecule has 0 fully saturated rings. The van der Waals surface area contributed by atoms with Crippen LogP contribution in [0.1, 0.15) is 0 Å². The fourth-order valence-electron chi connectivity index (χ4n) is 0. The Hall–Kier alpha value is 4.44. The molecule has 0 rings (SSSR count). The van der Waals surface area contributed by atoms with Crippen LogP contribution in [0.2, 0.25) is 0 Å². The first-order chi connectivity index (χ1) is 0. The minimum absolute atomic E-state index is 0. The first-order valence-corrected chi connectivity index (χ1v) is 0. The molecule has 4 heteroatoms. The molecular formula is H2K2V2. The van der Waals surface area contributed by atoms with Crippen molar-refractivity contribution in [3.05, 3.63) is 0 Å². The molecule has 0 aromatic heterocycles. The van der Waals surface area contributed by atoms with Crippen LogP contribution in [-0.2, 0) is 37.1 Å². The maximum absolute atomic E-state index is 0. The monoisotopic (exact) mass is 146 g/mol. The van der Waals surface area contributed by atoms with Crippen LogP contribution in [0, 0.1) is 0 Å². The minimum atomic E-state index is 0. The summed E-state index contributed by atoms with van der Waals surface area (Å²) in [6.45, 7) is 0. The van der Waals surface area contributed by atoms with Crippen molar-refractivity contribution in [2.45, 2.75) is 0 Å². The van der Waals surface area contributed by atoms with E-state index in [1.807, 2.05) is 0 Å². The molecular weight excluding hydrogens is 144 g/mol. The number of hydrogen-bond donors (Lipinski definition) is 0. The Labute approximate surface area is 135 Å². The normalized spacial score (nSPS) is 0. The zero-order valence-electron chi connectivity index (χ0n) is 0.894. The molecule has 4 heavy (non-hydrogen) atoms. The van der Waals surface area contributed by atoms with Gasteiger partial charge in [-0.15, -0.1) is 0 Å². The zero-order chi connectivity index (χ0) is 0. The molecule has 0 saturated carbocycles. The molecule has 0 aliphatic heterocycles. The van der Waals surface area contributed by atoms with E-state index in [4.69, 9.17) is 0 Å². The van der Waals surface area contributed by atoms with Crippen molar-refractivity contribution < 1.29 is 37.1 Å². The van der Waals surface area contributed by atoms with Gasteiger partial charge in [0.15, 0.2) is 0 Å². The standard InChI is InChI=1S/2K.2V.2H/i;;1-36;;;. The van der Waals surface area contributed by atoms with Gasteiger partial charge in [0.25, 0.3) is 0 Å². The second-order valence-electron chi connectivity index (χ2n) is 0. The second-order valence-corrected chi connectivity index (χ2v) is 0. The van der Waals surface area contributed by atoms with Crippen molar-refractivity contribution in [2.75, 3.05) is 0 Å². The molecule has 0 bridgehead atoms. The third kappa shape index (κ3) is 9.67. The van der Waals surface area contributed by atoms with Crippen molar-refractivity contribution in [2.24, 2.45) is 0 Å². The third-order valence-electron chi connectivity index (χ3n) is 0. The summed E-state index contributed by atoms with van der Waals surface area (Å²) in [7, 11) is 0. The molecule has 0 unspecified atom stereocenters. The molecule has 0 aliphatic rings. The van der Waals surface area contributed by atoms with Gasteiger partial charge in [-0.25, -0.2) is 0 Å². The Kier molecular flexibility index (Phi) is 92.7. The van der Waals surface area contributed by atoms with E-state index in [9.17, 15) is 0 Å². The van der Waals surface area contributed by atoms with Crippen molar-refractivity contribution in [3.63, 3.8) is 0 Å². The molecule has 2 radical (unpaired) electrons. The van der Waals surface area contributed by atoms with Crippen LogP contribution < -0.4 is 0 Å². The molecule has 0 amide bonds. The van der Waals surface area contributed by atoms with E-state index in [0.29, 0.717) is 0 Å². The summed E-state index contributed by atoms with van der Waals surface area (Å²) >= 11 is 0. The van der Waals surface area contributed by atoms with Gasteiger partial charge in [0.2, 0.25) is 0 Å². The average Bonchev–Trinajstić information content (AvgIpc) is 0. The van der Waals surface area contributed by atoms with Gasteiger partial charge in [-0.05, 0) is 0 Å². The molecule has 0 spiro atoms. The van der Waals surface area contributed by atoms with E-state index in [0.717, 1.165) is 0 Å². The van der Waals surface area contributed by atoms with Crippen LogP contribution in [0.15, 0.2) is 0 Å². The summed E-state index contributed by atoms with van der Waals surface area (Å²) in [5.74, 6) is 0. The van der Waals surface area contributed by atoms with Crippen molar-refractivity contribution in [1.29, 1.82) is 0 Å². The Morgan fingerprint density at radius 3 is 0.750 bits per heavy atom. The average molecular weight is 146 g/mol. The van der Waals surface area contributed by atoms with E-state index >= 15 is 0 Å². The molecule has 0 heterocycles. The van der Waals surface area contributed by atoms with E-state index in [1.54, 1.807) is 0 Å². The van der Waals surface area contributed by atoms with Crippen LogP contribution in [-0.4, -0.2) is 103 Å². The zero-order valence-corrected chi connectivity index (χ0v) is 3.69. The fourth-order valence-corrected chi connectivity index (χ4v) is 0. The Balaban J connectivity index is 0. The topological polar surface area (TPSA) is 0 Å². The Bertz CT molecular complexity index is 4.00. The molecule has 0 N–H and O–H groups in total. The fraction of sp³-hybridized carbons (Fsp3) is 0. The summed E-state index contributed by atoms with van der Waals surface area (Å²) < 4.78 is 0. The summed E-state index contributed by atoms with van der Waals surface area (Å²) in [6.07, 6.45) is 0. The summed E-state index contributed by atoms with van der Waals surface area (Å²) in [4.78, 5) is 0. The van der Waals surface area contributed by atoms with E-state index < -0.39 is 0 Å². The van der Waals surface area contributed by atoms with Crippen LogP contribution in [0.3, 0.4) is 0 Å². The van der Waals surface area contributed by atoms with Gasteiger partial charge in [0.1, 0.15) is 0 Å². The van der Waals surface area contributed by atoms with Crippen LogP contribution in [0.4, 0.5) is 0 Å². The minimum Gasteiger partial charge on any atom is 0 e. The Morgan fingerprint density at radius 1 is 0.750 bits per heavy atom. The summed E-state index contributed by atoms with van der Waals surface area (Å²) in [5, 5.41) is 0. The van der Waals surface area contributed by atoms with E-state index in [-0.39, 0.29) is 140 Å². The predicted molar refractivity (Wildman–Crippen MR) is 14.3 cm³/mol. The molecule has 14 valence electrons. The predicted octanol–water partition coefficient (Wildman–Crippen LogP) is -1.30. The SMILES string of the molecule is [15V].[KH].[KH].[V]. The largest absolute Gasteiger partial charge is 0 e. The molecule has 0 nitrogen and oxygen atoms in total. The first kappa shape index (κ1) is 23.7. The second kappa shape index (κ2) is 15.7. The molecule has 0 aromatic rings. The molecule has 0 aromatic carbocycles. The maximum Gasteiger partial charge on any atom is 0 e. The van der Waals surface area contributed by atoms with Crippen molar-refractivity contribution >= 4 is 103 Å². The van der Waals surface area contributed by atoms with Gasteiger partial charge in [-0.2, -0.15) is 0 Å². The van der Waals surface area contributed by atoms with Gasteiger partial charge in [0, 0.05) is 37.1 Å². The van der Waals surface area contributed by atoms with Gasteiger partial charge < -0.3 is 0 Å². The van der Waals surface area contributed by atoms with Gasteiger partial charge in [-0.1, -0.05) is 0 Å². The van der Waals surface area contributed by atoms with Crippen LogP contribution in [0.5, 0.6) is 0 Å². The van der Waals surface area contributed by atoms with Crippen molar-refractivity contribution in [3.8, 4) is 0 Å². The molecule has 0 aliphatic carbocycles. The maximum atomic E-state index is 0. The van der Waals surface area contributed by atoms with E-state index in [2.05, 4.69) is 0 Å². The summed E-state index contributed by atoms with van der Waals surface area (Å²) in [5.41, 5.74) is 0. The van der Waals surface area contributed by atoms with Gasteiger partial charge >= 0.3 is 103 Å².